The maximum atomic E-state index is 5.33. The van der Waals surface area contributed by atoms with Crippen LogP contribution in [0.25, 0.3) is 0 Å². The second-order valence-corrected chi connectivity index (χ2v) is 5.85. The van der Waals surface area contributed by atoms with Gasteiger partial charge < -0.3 is 9.84 Å². The van der Waals surface area contributed by atoms with E-state index in [0.717, 1.165) is 17.3 Å². The van der Waals surface area contributed by atoms with Gasteiger partial charge in [0.05, 0.1) is 12.2 Å². The summed E-state index contributed by atoms with van der Waals surface area (Å²) in [5, 5.41) is 11.8. The van der Waals surface area contributed by atoms with Crippen molar-refractivity contribution in [1.82, 2.24) is 24.9 Å². The summed E-state index contributed by atoms with van der Waals surface area (Å²) in [4.78, 5) is 8.76. The fourth-order valence-electron chi connectivity index (χ4n) is 2.40. The molecule has 1 aliphatic carbocycles. The van der Waals surface area contributed by atoms with E-state index in [2.05, 4.69) is 25.5 Å². The number of aromatic nitrogens is 5. The van der Waals surface area contributed by atoms with Crippen LogP contribution in [0.4, 0.5) is 5.82 Å². The molecule has 1 unspecified atom stereocenters. The first-order valence-electron chi connectivity index (χ1n) is 7.81. The first kappa shape index (κ1) is 13.9. The van der Waals surface area contributed by atoms with Gasteiger partial charge in [0.1, 0.15) is 11.9 Å². The fourth-order valence-corrected chi connectivity index (χ4v) is 2.40. The largest absolute Gasteiger partial charge is 0.357 e. The van der Waals surface area contributed by atoms with Crippen molar-refractivity contribution in [2.24, 2.45) is 0 Å². The van der Waals surface area contributed by atoms with Crippen LogP contribution in [0.3, 0.4) is 0 Å². The number of nitrogens with zero attached hydrogens (tertiary/aromatic N) is 5. The molecule has 4 rings (SSSR count). The standard InChI is InChI=1S/C16H18N6O/c1-11(16-19-15(21-23-16)12-5-6-12)18-14-7-9-22(20-14)10-13-4-2-3-8-17-13/h2-4,7-9,11-12H,5-6,10H2,1H3,(H,18,20). The van der Waals surface area contributed by atoms with Crippen LogP contribution < -0.4 is 5.32 Å². The van der Waals surface area contributed by atoms with Crippen LogP contribution >= 0.6 is 0 Å². The molecule has 7 heteroatoms. The smallest absolute Gasteiger partial charge is 0.248 e. The van der Waals surface area contributed by atoms with Crippen molar-refractivity contribution in [3.8, 4) is 0 Å². The Morgan fingerprint density at radius 3 is 3.04 bits per heavy atom. The highest BCUT2D eigenvalue weighted by Gasteiger charge is 2.29. The van der Waals surface area contributed by atoms with E-state index in [-0.39, 0.29) is 6.04 Å². The second kappa shape index (κ2) is 5.83. The highest BCUT2D eigenvalue weighted by atomic mass is 16.5. The van der Waals surface area contributed by atoms with Gasteiger partial charge in [-0.15, -0.1) is 0 Å². The van der Waals surface area contributed by atoms with E-state index in [1.54, 1.807) is 6.20 Å². The van der Waals surface area contributed by atoms with Crippen molar-refractivity contribution in [2.45, 2.75) is 38.3 Å². The van der Waals surface area contributed by atoms with Gasteiger partial charge in [-0.25, -0.2) is 0 Å². The minimum atomic E-state index is -0.0757. The summed E-state index contributed by atoms with van der Waals surface area (Å²) in [5.41, 5.74) is 0.973. The highest BCUT2D eigenvalue weighted by Crippen LogP contribution is 2.38. The molecule has 1 aliphatic rings. The third-order valence-electron chi connectivity index (χ3n) is 3.83. The van der Waals surface area contributed by atoms with Crippen molar-refractivity contribution in [3.05, 3.63) is 54.1 Å². The van der Waals surface area contributed by atoms with Gasteiger partial charge in [-0.05, 0) is 31.9 Å². The molecule has 7 nitrogen and oxygen atoms in total. The normalized spacial score (nSPS) is 15.5. The molecule has 118 valence electrons. The Hall–Kier alpha value is -2.70. The Labute approximate surface area is 133 Å². The number of pyridine rings is 1. The first-order valence-corrected chi connectivity index (χ1v) is 7.81. The van der Waals surface area contributed by atoms with Gasteiger partial charge in [0, 0.05) is 24.4 Å². The summed E-state index contributed by atoms with van der Waals surface area (Å²) >= 11 is 0. The Bertz CT molecular complexity index is 777. The zero-order valence-corrected chi connectivity index (χ0v) is 12.9. The summed E-state index contributed by atoms with van der Waals surface area (Å²) in [6.07, 6.45) is 6.04. The molecule has 0 bridgehead atoms. The van der Waals surface area contributed by atoms with E-state index in [1.807, 2.05) is 42.1 Å². The van der Waals surface area contributed by atoms with Crippen LogP contribution in [0, 0.1) is 0 Å². The van der Waals surface area contributed by atoms with Gasteiger partial charge in [0.2, 0.25) is 5.89 Å². The summed E-state index contributed by atoms with van der Waals surface area (Å²) in [6.45, 7) is 2.63. The van der Waals surface area contributed by atoms with Crippen LogP contribution in [0.1, 0.15) is 49.1 Å². The minimum Gasteiger partial charge on any atom is -0.357 e. The van der Waals surface area contributed by atoms with E-state index in [9.17, 15) is 0 Å². The Kier molecular flexibility index (Phi) is 3.53. The van der Waals surface area contributed by atoms with Crippen LogP contribution in [0.2, 0.25) is 0 Å². The Balaban J connectivity index is 1.40. The van der Waals surface area contributed by atoms with Gasteiger partial charge in [-0.3, -0.25) is 9.67 Å². The van der Waals surface area contributed by atoms with Crippen molar-refractivity contribution < 1.29 is 4.52 Å². The van der Waals surface area contributed by atoms with Gasteiger partial charge in [0.15, 0.2) is 5.82 Å². The molecule has 0 radical (unpaired) electrons. The van der Waals surface area contributed by atoms with E-state index >= 15 is 0 Å². The van der Waals surface area contributed by atoms with Gasteiger partial charge in [0.25, 0.3) is 0 Å². The predicted molar refractivity (Wildman–Crippen MR) is 83.9 cm³/mol. The molecule has 3 aromatic heterocycles. The number of nitrogens with one attached hydrogen (secondary N) is 1. The molecule has 3 aromatic rings. The lowest BCUT2D eigenvalue weighted by Gasteiger charge is -2.07. The van der Waals surface area contributed by atoms with E-state index in [4.69, 9.17) is 4.52 Å². The SMILES string of the molecule is CC(Nc1ccn(Cc2ccccn2)n1)c1nc(C2CC2)no1. The molecule has 1 saturated carbocycles. The summed E-state index contributed by atoms with van der Waals surface area (Å²) < 4.78 is 7.18. The van der Waals surface area contributed by atoms with Crippen molar-refractivity contribution >= 4 is 5.82 Å². The summed E-state index contributed by atoms with van der Waals surface area (Å²) in [5.74, 6) is 2.71. The molecule has 23 heavy (non-hydrogen) atoms. The average molecular weight is 310 g/mol. The molecule has 3 heterocycles. The minimum absolute atomic E-state index is 0.0757. The molecule has 1 N–H and O–H groups in total. The first-order chi connectivity index (χ1) is 11.3. The molecule has 0 aromatic carbocycles. The zero-order chi connectivity index (χ0) is 15.6. The van der Waals surface area contributed by atoms with Gasteiger partial charge in [-0.1, -0.05) is 11.2 Å². The van der Waals surface area contributed by atoms with Crippen LogP contribution in [-0.4, -0.2) is 24.9 Å². The zero-order valence-electron chi connectivity index (χ0n) is 12.9. The molecular formula is C16H18N6O. The van der Waals surface area contributed by atoms with Gasteiger partial charge in [-0.2, -0.15) is 10.1 Å². The van der Waals surface area contributed by atoms with Crippen LogP contribution in [0.15, 0.2) is 41.2 Å². The van der Waals surface area contributed by atoms with Crippen LogP contribution in [-0.2, 0) is 6.54 Å². The Morgan fingerprint density at radius 2 is 2.26 bits per heavy atom. The van der Waals surface area contributed by atoms with E-state index in [1.165, 1.54) is 12.8 Å². The third-order valence-corrected chi connectivity index (χ3v) is 3.83. The molecule has 1 atom stereocenters. The molecular weight excluding hydrogens is 292 g/mol. The van der Waals surface area contributed by atoms with Gasteiger partial charge >= 0.3 is 0 Å². The number of anilines is 1. The summed E-state index contributed by atoms with van der Waals surface area (Å²) in [6, 6.07) is 7.71. The van der Waals surface area contributed by atoms with E-state index < -0.39 is 0 Å². The molecule has 1 fully saturated rings. The monoisotopic (exact) mass is 310 g/mol. The van der Waals surface area contributed by atoms with Crippen molar-refractivity contribution in [3.63, 3.8) is 0 Å². The Morgan fingerprint density at radius 1 is 1.35 bits per heavy atom. The predicted octanol–water partition coefficient (Wildman–Crippen LogP) is 2.76. The lowest BCUT2D eigenvalue weighted by Crippen LogP contribution is -2.09. The second-order valence-electron chi connectivity index (χ2n) is 5.85. The molecule has 0 spiro atoms. The highest BCUT2D eigenvalue weighted by molar-refractivity contribution is 5.34. The fraction of sp³-hybridized carbons (Fsp3) is 0.375. The number of rotatable bonds is 6. The number of hydrogen-bond acceptors (Lipinski definition) is 6. The lowest BCUT2D eigenvalue weighted by molar-refractivity contribution is 0.362. The topological polar surface area (TPSA) is 81.7 Å². The quantitative estimate of drug-likeness (QED) is 0.754. The summed E-state index contributed by atoms with van der Waals surface area (Å²) in [7, 11) is 0. The van der Waals surface area contributed by atoms with Crippen molar-refractivity contribution in [1.29, 1.82) is 0 Å². The van der Waals surface area contributed by atoms with Crippen LogP contribution in [0.5, 0.6) is 0 Å². The van der Waals surface area contributed by atoms with Crippen molar-refractivity contribution in [2.75, 3.05) is 5.32 Å². The molecule has 0 saturated heterocycles. The number of hydrogen-bond donors (Lipinski definition) is 1. The molecule has 0 amide bonds. The maximum absolute atomic E-state index is 5.33. The van der Waals surface area contributed by atoms with E-state index in [0.29, 0.717) is 18.4 Å². The lowest BCUT2D eigenvalue weighted by atomic mass is 10.3. The average Bonchev–Trinajstić information content (AvgIpc) is 3.13. The maximum Gasteiger partial charge on any atom is 0.248 e. The molecule has 0 aliphatic heterocycles. The third kappa shape index (κ3) is 3.23.